The molecule has 9 heteroatoms. The lowest BCUT2D eigenvalue weighted by Crippen LogP contribution is -2.17. The number of ether oxygens (including phenoxy) is 1. The molecule has 0 amide bonds. The molecule has 0 fully saturated rings. The first-order valence-corrected chi connectivity index (χ1v) is 8.42. The minimum atomic E-state index is -4.79. The average molecular weight is 418 g/mol. The zero-order chi connectivity index (χ0) is 19.8. The monoisotopic (exact) mass is 417 g/mol. The van der Waals surface area contributed by atoms with E-state index in [-0.39, 0.29) is 23.9 Å². The van der Waals surface area contributed by atoms with Gasteiger partial charge in [0.15, 0.2) is 0 Å². The topological polar surface area (TPSA) is 51.5 Å². The van der Waals surface area contributed by atoms with Crippen LogP contribution < -0.4 is 4.74 Å². The van der Waals surface area contributed by atoms with Crippen LogP contribution >= 0.6 is 23.2 Å². The Kier molecular flexibility index (Phi) is 5.26. The van der Waals surface area contributed by atoms with Crippen molar-refractivity contribution in [1.82, 2.24) is 4.57 Å². The van der Waals surface area contributed by atoms with Crippen molar-refractivity contribution in [2.24, 2.45) is 0 Å². The molecule has 3 aromatic rings. The van der Waals surface area contributed by atoms with Gasteiger partial charge in [-0.1, -0.05) is 41.4 Å². The molecule has 4 nitrogen and oxygen atoms in total. The van der Waals surface area contributed by atoms with Gasteiger partial charge in [0.05, 0.1) is 5.52 Å². The summed E-state index contributed by atoms with van der Waals surface area (Å²) in [7, 11) is 0. The summed E-state index contributed by atoms with van der Waals surface area (Å²) in [5.41, 5.74) is 1.66. The molecule has 0 aliphatic rings. The number of rotatable bonds is 5. The van der Waals surface area contributed by atoms with Crippen molar-refractivity contribution in [1.29, 1.82) is 0 Å². The lowest BCUT2D eigenvalue weighted by Gasteiger charge is -2.10. The van der Waals surface area contributed by atoms with E-state index in [0.29, 0.717) is 27.1 Å². The molecule has 2 aromatic carbocycles. The quantitative estimate of drug-likeness (QED) is 0.594. The Morgan fingerprint density at radius 2 is 1.89 bits per heavy atom. The van der Waals surface area contributed by atoms with E-state index in [4.69, 9.17) is 28.3 Å². The highest BCUT2D eigenvalue weighted by molar-refractivity contribution is 6.33. The second-order valence-electron chi connectivity index (χ2n) is 5.78. The van der Waals surface area contributed by atoms with E-state index in [1.54, 1.807) is 24.3 Å². The predicted octanol–water partition coefficient (Wildman–Crippen LogP) is 5.52. The van der Waals surface area contributed by atoms with Crippen LogP contribution in [0.3, 0.4) is 0 Å². The summed E-state index contributed by atoms with van der Waals surface area (Å²) in [6, 6.07) is 10.5. The summed E-state index contributed by atoms with van der Waals surface area (Å²) < 4.78 is 42.6. The number of hydrogen-bond donors (Lipinski definition) is 1. The molecule has 0 aliphatic carbocycles. The molecule has 0 bridgehead atoms. The van der Waals surface area contributed by atoms with Crippen molar-refractivity contribution in [3.8, 4) is 5.75 Å². The summed E-state index contributed by atoms with van der Waals surface area (Å²) in [6.45, 7) is -0.368. The number of hydrogen-bond acceptors (Lipinski definition) is 2. The molecule has 1 heterocycles. The minimum Gasteiger partial charge on any atom is -0.480 e. The van der Waals surface area contributed by atoms with E-state index in [1.165, 1.54) is 22.8 Å². The summed E-state index contributed by atoms with van der Waals surface area (Å²) in [6.07, 6.45) is -4.59. The second-order valence-corrected chi connectivity index (χ2v) is 6.58. The van der Waals surface area contributed by atoms with E-state index in [9.17, 15) is 18.0 Å². The van der Waals surface area contributed by atoms with Gasteiger partial charge in [-0.2, -0.15) is 0 Å². The molecule has 0 aliphatic heterocycles. The van der Waals surface area contributed by atoms with Crippen molar-refractivity contribution >= 4 is 40.1 Å². The van der Waals surface area contributed by atoms with Crippen LogP contribution in [0.15, 0.2) is 42.5 Å². The number of carboxylic acids is 1. The number of aromatic nitrogens is 1. The van der Waals surface area contributed by atoms with Gasteiger partial charge >= 0.3 is 12.3 Å². The predicted molar refractivity (Wildman–Crippen MR) is 95.5 cm³/mol. The molecule has 27 heavy (non-hydrogen) atoms. The lowest BCUT2D eigenvalue weighted by atomic mass is 10.0. The number of fused-ring (bicyclic) bond motifs is 1. The fraction of sp³-hybridized carbons (Fsp3) is 0.167. The molecule has 0 saturated heterocycles. The summed E-state index contributed by atoms with van der Waals surface area (Å²) in [4.78, 5) is 11.2. The Morgan fingerprint density at radius 1 is 1.15 bits per heavy atom. The van der Waals surface area contributed by atoms with Gasteiger partial charge in [-0.05, 0) is 29.8 Å². The summed E-state index contributed by atoms with van der Waals surface area (Å²) in [5, 5.41) is 10.4. The molecule has 1 N–H and O–H groups in total. The van der Waals surface area contributed by atoms with Gasteiger partial charge in [0.1, 0.15) is 17.4 Å². The van der Waals surface area contributed by atoms with Gasteiger partial charge in [-0.3, -0.25) is 4.79 Å². The van der Waals surface area contributed by atoms with Crippen LogP contribution in [0.5, 0.6) is 5.75 Å². The molecule has 0 radical (unpaired) electrons. The third-order valence-corrected chi connectivity index (χ3v) is 4.54. The first kappa shape index (κ1) is 19.4. The van der Waals surface area contributed by atoms with Gasteiger partial charge in [-0.15, -0.1) is 13.2 Å². The molecular formula is C18H12Cl2F3NO3. The number of aliphatic carboxylic acids is 1. The van der Waals surface area contributed by atoms with E-state index < -0.39 is 12.3 Å². The highest BCUT2D eigenvalue weighted by atomic mass is 35.5. The maximum atomic E-state index is 12.4. The number of alkyl halides is 3. The maximum Gasteiger partial charge on any atom is 0.573 e. The van der Waals surface area contributed by atoms with Crippen molar-refractivity contribution in [2.45, 2.75) is 19.3 Å². The van der Waals surface area contributed by atoms with Crippen molar-refractivity contribution in [2.75, 3.05) is 0 Å². The first-order valence-electron chi connectivity index (χ1n) is 7.66. The van der Waals surface area contributed by atoms with Crippen LogP contribution in [0.1, 0.15) is 11.1 Å². The van der Waals surface area contributed by atoms with E-state index in [0.717, 1.165) is 0 Å². The Morgan fingerprint density at radius 3 is 2.56 bits per heavy atom. The Hall–Kier alpha value is -2.38. The largest absolute Gasteiger partial charge is 0.573 e. The molecule has 0 atom stereocenters. The van der Waals surface area contributed by atoms with Crippen molar-refractivity contribution in [3.63, 3.8) is 0 Å². The Balaban J connectivity index is 2.04. The molecule has 3 rings (SSSR count). The third kappa shape index (κ3) is 4.48. The van der Waals surface area contributed by atoms with Gasteiger partial charge in [0.2, 0.25) is 0 Å². The van der Waals surface area contributed by atoms with Crippen LogP contribution in [0.4, 0.5) is 13.2 Å². The zero-order valence-electron chi connectivity index (χ0n) is 13.6. The third-order valence-electron chi connectivity index (χ3n) is 3.87. The number of carboxylic acid groups (broad SMARTS) is 1. The van der Waals surface area contributed by atoms with Gasteiger partial charge < -0.3 is 14.4 Å². The SMILES string of the molecule is O=C(O)Cn1c(Cl)c(Cc2cccc(OC(F)(F)F)c2)c2ccc(Cl)cc21. The minimum absolute atomic E-state index is 0.191. The number of carbonyl (C=O) groups is 1. The molecule has 0 spiro atoms. The fourth-order valence-corrected chi connectivity index (χ4v) is 3.36. The number of halogens is 5. The van der Waals surface area contributed by atoms with Gasteiger partial charge in [0.25, 0.3) is 0 Å². The number of nitrogens with zero attached hydrogens (tertiary/aromatic N) is 1. The highest BCUT2D eigenvalue weighted by Crippen LogP contribution is 2.34. The fourth-order valence-electron chi connectivity index (χ4n) is 2.88. The van der Waals surface area contributed by atoms with Crippen LogP contribution in [-0.4, -0.2) is 22.0 Å². The molecule has 1 aromatic heterocycles. The zero-order valence-corrected chi connectivity index (χ0v) is 15.1. The van der Waals surface area contributed by atoms with E-state index >= 15 is 0 Å². The highest BCUT2D eigenvalue weighted by Gasteiger charge is 2.31. The standard InChI is InChI=1S/C18H12Cl2F3NO3/c19-11-4-5-13-14(17(20)24(9-16(25)26)15(13)8-11)7-10-2-1-3-12(6-10)27-18(21,22)23/h1-6,8H,7,9H2,(H,25,26). The van der Waals surface area contributed by atoms with Crippen molar-refractivity contribution in [3.05, 3.63) is 63.8 Å². The summed E-state index contributed by atoms with van der Waals surface area (Å²) >= 11 is 12.4. The molecule has 0 unspecified atom stereocenters. The average Bonchev–Trinajstić information content (AvgIpc) is 2.78. The van der Waals surface area contributed by atoms with Gasteiger partial charge in [0, 0.05) is 22.4 Å². The molecule has 142 valence electrons. The second kappa shape index (κ2) is 7.32. The normalized spacial score (nSPS) is 11.7. The number of benzene rings is 2. The summed E-state index contributed by atoms with van der Waals surface area (Å²) in [5.74, 6) is -1.42. The first-order chi connectivity index (χ1) is 12.6. The Labute approximate surface area is 161 Å². The van der Waals surface area contributed by atoms with Crippen LogP contribution in [0.2, 0.25) is 10.2 Å². The van der Waals surface area contributed by atoms with Crippen LogP contribution in [0.25, 0.3) is 10.9 Å². The van der Waals surface area contributed by atoms with E-state index in [2.05, 4.69) is 4.74 Å². The van der Waals surface area contributed by atoms with Crippen LogP contribution in [-0.2, 0) is 17.8 Å². The molecule has 0 saturated carbocycles. The smallest absolute Gasteiger partial charge is 0.480 e. The molecular weight excluding hydrogens is 406 g/mol. The maximum absolute atomic E-state index is 12.4. The van der Waals surface area contributed by atoms with Crippen LogP contribution in [0, 0.1) is 0 Å². The van der Waals surface area contributed by atoms with E-state index in [1.807, 2.05) is 0 Å². The van der Waals surface area contributed by atoms with Crippen molar-refractivity contribution < 1.29 is 27.8 Å². The lowest BCUT2D eigenvalue weighted by molar-refractivity contribution is -0.274. The Bertz CT molecular complexity index is 1010. The van der Waals surface area contributed by atoms with Gasteiger partial charge in [-0.25, -0.2) is 0 Å².